The van der Waals surface area contributed by atoms with Crippen LogP contribution in [-0.2, 0) is 6.54 Å². The van der Waals surface area contributed by atoms with Crippen LogP contribution in [0.2, 0.25) is 0 Å². The van der Waals surface area contributed by atoms with Gasteiger partial charge in [0.1, 0.15) is 5.82 Å². The van der Waals surface area contributed by atoms with E-state index in [2.05, 4.69) is 27.4 Å². The number of rotatable bonds is 4. The summed E-state index contributed by atoms with van der Waals surface area (Å²) in [6.45, 7) is 0.723. The standard InChI is InChI=1S/C17H16N4/c18-15-8-6-14(7-9-15)16-11-19-12-17(21-16)20-10-13-4-2-1-3-5-13/h1-9,11-12H,10,18H2,(H,20,21). The van der Waals surface area contributed by atoms with Gasteiger partial charge in [-0.15, -0.1) is 0 Å². The number of hydrogen-bond acceptors (Lipinski definition) is 4. The molecule has 21 heavy (non-hydrogen) atoms. The van der Waals surface area contributed by atoms with Crippen molar-refractivity contribution < 1.29 is 0 Å². The fraction of sp³-hybridized carbons (Fsp3) is 0.0588. The molecule has 4 nitrogen and oxygen atoms in total. The Morgan fingerprint density at radius 3 is 2.43 bits per heavy atom. The maximum absolute atomic E-state index is 5.70. The Bertz CT molecular complexity index is 708. The molecule has 0 unspecified atom stereocenters. The van der Waals surface area contributed by atoms with Gasteiger partial charge in [-0.25, -0.2) is 4.98 Å². The number of anilines is 2. The molecule has 0 saturated carbocycles. The van der Waals surface area contributed by atoms with Crippen molar-refractivity contribution in [1.82, 2.24) is 9.97 Å². The molecule has 0 fully saturated rings. The third-order valence-corrected chi connectivity index (χ3v) is 3.16. The third-order valence-electron chi connectivity index (χ3n) is 3.16. The summed E-state index contributed by atoms with van der Waals surface area (Å²) >= 11 is 0. The zero-order valence-corrected chi connectivity index (χ0v) is 11.5. The molecule has 0 bridgehead atoms. The highest BCUT2D eigenvalue weighted by Crippen LogP contribution is 2.19. The molecule has 2 aromatic carbocycles. The van der Waals surface area contributed by atoms with E-state index in [4.69, 9.17) is 5.73 Å². The summed E-state index contributed by atoms with van der Waals surface area (Å²) < 4.78 is 0. The first-order chi connectivity index (χ1) is 10.3. The van der Waals surface area contributed by atoms with Gasteiger partial charge >= 0.3 is 0 Å². The van der Waals surface area contributed by atoms with Gasteiger partial charge in [0.25, 0.3) is 0 Å². The van der Waals surface area contributed by atoms with Crippen LogP contribution in [-0.4, -0.2) is 9.97 Å². The first-order valence-electron chi connectivity index (χ1n) is 6.77. The normalized spacial score (nSPS) is 10.3. The molecule has 1 aromatic heterocycles. The molecule has 0 spiro atoms. The minimum atomic E-state index is 0.723. The minimum absolute atomic E-state index is 0.723. The van der Waals surface area contributed by atoms with E-state index in [9.17, 15) is 0 Å². The van der Waals surface area contributed by atoms with Crippen molar-refractivity contribution in [3.8, 4) is 11.3 Å². The molecule has 3 aromatic rings. The molecule has 0 aliphatic heterocycles. The lowest BCUT2D eigenvalue weighted by Crippen LogP contribution is -2.02. The van der Waals surface area contributed by atoms with Crippen molar-refractivity contribution in [2.24, 2.45) is 0 Å². The van der Waals surface area contributed by atoms with Crippen molar-refractivity contribution in [3.63, 3.8) is 0 Å². The van der Waals surface area contributed by atoms with Gasteiger partial charge in [-0.3, -0.25) is 4.98 Å². The SMILES string of the molecule is Nc1ccc(-c2cncc(NCc3ccccc3)n2)cc1. The Morgan fingerprint density at radius 1 is 0.905 bits per heavy atom. The molecule has 3 rings (SSSR count). The average molecular weight is 276 g/mol. The second-order valence-corrected chi connectivity index (χ2v) is 4.75. The molecular weight excluding hydrogens is 260 g/mol. The molecule has 4 heteroatoms. The van der Waals surface area contributed by atoms with Gasteiger partial charge in [0.15, 0.2) is 0 Å². The average Bonchev–Trinajstić information content (AvgIpc) is 2.55. The molecule has 0 saturated heterocycles. The van der Waals surface area contributed by atoms with E-state index in [1.54, 1.807) is 12.4 Å². The van der Waals surface area contributed by atoms with E-state index in [-0.39, 0.29) is 0 Å². The van der Waals surface area contributed by atoms with E-state index in [1.165, 1.54) is 5.56 Å². The number of nitrogens with one attached hydrogen (secondary N) is 1. The second-order valence-electron chi connectivity index (χ2n) is 4.75. The van der Waals surface area contributed by atoms with Crippen LogP contribution in [0.1, 0.15) is 5.56 Å². The number of hydrogen-bond donors (Lipinski definition) is 2. The molecule has 1 heterocycles. The van der Waals surface area contributed by atoms with Gasteiger partial charge in [0, 0.05) is 17.8 Å². The van der Waals surface area contributed by atoms with Crippen LogP contribution in [0.25, 0.3) is 11.3 Å². The predicted molar refractivity (Wildman–Crippen MR) is 85.6 cm³/mol. The summed E-state index contributed by atoms with van der Waals surface area (Å²) in [6.07, 6.45) is 3.48. The Balaban J connectivity index is 1.75. The van der Waals surface area contributed by atoms with Crippen LogP contribution < -0.4 is 11.1 Å². The Morgan fingerprint density at radius 2 is 1.67 bits per heavy atom. The summed E-state index contributed by atoms with van der Waals surface area (Å²) in [5, 5.41) is 3.28. The van der Waals surface area contributed by atoms with Crippen LogP contribution in [0.4, 0.5) is 11.5 Å². The van der Waals surface area contributed by atoms with E-state index in [1.807, 2.05) is 42.5 Å². The van der Waals surface area contributed by atoms with E-state index in [0.29, 0.717) is 0 Å². The molecule has 0 amide bonds. The summed E-state index contributed by atoms with van der Waals surface area (Å²) in [5.41, 5.74) is 9.47. The fourth-order valence-electron chi connectivity index (χ4n) is 2.03. The van der Waals surface area contributed by atoms with Gasteiger partial charge in [-0.1, -0.05) is 42.5 Å². The molecular formula is C17H16N4. The maximum atomic E-state index is 5.70. The number of aromatic nitrogens is 2. The highest BCUT2D eigenvalue weighted by Gasteiger charge is 2.02. The third kappa shape index (κ3) is 3.36. The minimum Gasteiger partial charge on any atom is -0.399 e. The summed E-state index contributed by atoms with van der Waals surface area (Å²) in [4.78, 5) is 8.81. The second kappa shape index (κ2) is 6.05. The number of nitrogen functional groups attached to an aromatic ring is 1. The lowest BCUT2D eigenvalue weighted by atomic mass is 10.1. The van der Waals surface area contributed by atoms with Crippen molar-refractivity contribution in [2.45, 2.75) is 6.54 Å². The number of nitrogens with zero attached hydrogens (tertiary/aromatic N) is 2. The van der Waals surface area contributed by atoms with E-state index < -0.39 is 0 Å². The lowest BCUT2D eigenvalue weighted by Gasteiger charge is -2.07. The number of benzene rings is 2. The quantitative estimate of drug-likeness (QED) is 0.717. The fourth-order valence-corrected chi connectivity index (χ4v) is 2.03. The monoisotopic (exact) mass is 276 g/mol. The van der Waals surface area contributed by atoms with Crippen molar-refractivity contribution in [2.75, 3.05) is 11.1 Å². The zero-order chi connectivity index (χ0) is 14.5. The molecule has 104 valence electrons. The van der Waals surface area contributed by atoms with Crippen LogP contribution in [0.15, 0.2) is 67.0 Å². The highest BCUT2D eigenvalue weighted by atomic mass is 15.0. The smallest absolute Gasteiger partial charge is 0.145 e. The van der Waals surface area contributed by atoms with Gasteiger partial charge < -0.3 is 11.1 Å². The van der Waals surface area contributed by atoms with Crippen LogP contribution in [0, 0.1) is 0 Å². The van der Waals surface area contributed by atoms with Crippen LogP contribution in [0.5, 0.6) is 0 Å². The van der Waals surface area contributed by atoms with E-state index in [0.717, 1.165) is 29.3 Å². The summed E-state index contributed by atoms with van der Waals surface area (Å²) in [7, 11) is 0. The number of nitrogens with two attached hydrogens (primary N) is 1. The first-order valence-corrected chi connectivity index (χ1v) is 6.77. The Hall–Kier alpha value is -2.88. The van der Waals surface area contributed by atoms with Gasteiger partial charge in [0.05, 0.1) is 18.1 Å². The van der Waals surface area contributed by atoms with Gasteiger partial charge in [-0.2, -0.15) is 0 Å². The predicted octanol–water partition coefficient (Wildman–Crippen LogP) is 3.34. The Kier molecular flexibility index (Phi) is 3.78. The topological polar surface area (TPSA) is 63.8 Å². The lowest BCUT2D eigenvalue weighted by molar-refractivity contribution is 1.09. The van der Waals surface area contributed by atoms with E-state index >= 15 is 0 Å². The zero-order valence-electron chi connectivity index (χ0n) is 11.5. The van der Waals surface area contributed by atoms with Crippen LogP contribution in [0.3, 0.4) is 0 Å². The summed E-state index contributed by atoms with van der Waals surface area (Å²) in [6, 6.07) is 17.8. The maximum Gasteiger partial charge on any atom is 0.145 e. The summed E-state index contributed by atoms with van der Waals surface area (Å²) in [5.74, 6) is 0.758. The molecule has 3 N–H and O–H groups in total. The molecule has 0 aliphatic rings. The first kappa shape index (κ1) is 13.1. The van der Waals surface area contributed by atoms with Crippen molar-refractivity contribution >= 4 is 11.5 Å². The highest BCUT2D eigenvalue weighted by molar-refractivity contribution is 5.62. The Labute approximate surface area is 123 Å². The molecule has 0 atom stereocenters. The molecule has 0 aliphatic carbocycles. The van der Waals surface area contributed by atoms with Gasteiger partial charge in [0.2, 0.25) is 0 Å². The van der Waals surface area contributed by atoms with Crippen LogP contribution >= 0.6 is 0 Å². The van der Waals surface area contributed by atoms with Crippen molar-refractivity contribution in [3.05, 3.63) is 72.6 Å². The van der Waals surface area contributed by atoms with Gasteiger partial charge in [-0.05, 0) is 17.7 Å². The largest absolute Gasteiger partial charge is 0.399 e. The molecule has 0 radical (unpaired) electrons. The van der Waals surface area contributed by atoms with Crippen molar-refractivity contribution in [1.29, 1.82) is 0 Å².